The summed E-state index contributed by atoms with van der Waals surface area (Å²) in [7, 11) is 0. The van der Waals surface area contributed by atoms with Crippen LogP contribution in [0.1, 0.15) is 31.0 Å². The third-order valence-electron chi connectivity index (χ3n) is 4.14. The third kappa shape index (κ3) is 2.55. The molecule has 0 saturated heterocycles. The number of amides is 1. The van der Waals surface area contributed by atoms with Crippen molar-refractivity contribution in [2.24, 2.45) is 5.92 Å². The van der Waals surface area contributed by atoms with Gasteiger partial charge in [0.25, 0.3) is 0 Å². The van der Waals surface area contributed by atoms with Crippen LogP contribution in [0.3, 0.4) is 0 Å². The molecule has 1 amide bonds. The second-order valence-corrected chi connectivity index (χ2v) is 5.79. The zero-order chi connectivity index (χ0) is 14.3. The number of carbonyl (C=O) groups is 1. The van der Waals surface area contributed by atoms with Crippen LogP contribution < -0.4 is 5.32 Å². The summed E-state index contributed by atoms with van der Waals surface area (Å²) in [6.07, 6.45) is 2.71. The summed E-state index contributed by atoms with van der Waals surface area (Å²) >= 11 is 0. The smallest absolute Gasteiger partial charge is 0.224 e. The Morgan fingerprint density at radius 2 is 2.25 bits per heavy atom. The molecule has 1 aliphatic carbocycles. The van der Waals surface area contributed by atoms with Gasteiger partial charge in [0.15, 0.2) is 0 Å². The molecule has 1 aromatic carbocycles. The lowest BCUT2D eigenvalue weighted by Crippen LogP contribution is -2.35. The number of aromatic amines is 1. The van der Waals surface area contributed by atoms with E-state index in [-0.39, 0.29) is 17.8 Å². The zero-order valence-corrected chi connectivity index (χ0v) is 11.8. The highest BCUT2D eigenvalue weighted by Gasteiger charge is 2.29. The fourth-order valence-electron chi connectivity index (χ4n) is 2.76. The molecule has 1 atom stereocenters. The van der Waals surface area contributed by atoms with E-state index in [2.05, 4.69) is 17.2 Å². The van der Waals surface area contributed by atoms with Gasteiger partial charge in [-0.05, 0) is 56.4 Å². The van der Waals surface area contributed by atoms with E-state index >= 15 is 0 Å². The second kappa shape index (κ2) is 4.93. The number of hydrogen-bond donors (Lipinski definition) is 2. The number of nitrogens with one attached hydrogen (secondary N) is 2. The molecule has 4 heteroatoms. The SMILES string of the molecule is Cc1[nH]c2ccc(F)cc2c1CC(=O)NC(C)C1CC1. The Morgan fingerprint density at radius 3 is 2.95 bits per heavy atom. The summed E-state index contributed by atoms with van der Waals surface area (Å²) in [6, 6.07) is 4.87. The molecule has 106 valence electrons. The Bertz CT molecular complexity index is 658. The number of benzene rings is 1. The van der Waals surface area contributed by atoms with E-state index in [1.54, 1.807) is 6.07 Å². The minimum atomic E-state index is -0.274. The van der Waals surface area contributed by atoms with E-state index in [1.807, 2.05) is 6.92 Å². The molecule has 1 saturated carbocycles. The fraction of sp³-hybridized carbons (Fsp3) is 0.438. The van der Waals surface area contributed by atoms with Crippen molar-refractivity contribution in [2.75, 3.05) is 0 Å². The molecule has 0 spiro atoms. The molecule has 1 aliphatic rings. The number of aryl methyl sites for hydroxylation is 1. The van der Waals surface area contributed by atoms with Crippen molar-refractivity contribution in [2.45, 2.75) is 39.2 Å². The van der Waals surface area contributed by atoms with Gasteiger partial charge in [0, 0.05) is 22.6 Å². The predicted molar refractivity (Wildman–Crippen MR) is 77.0 cm³/mol. The van der Waals surface area contributed by atoms with Crippen molar-refractivity contribution in [3.63, 3.8) is 0 Å². The minimum absolute atomic E-state index is 0.0117. The lowest BCUT2D eigenvalue weighted by atomic mass is 10.1. The molecule has 0 radical (unpaired) electrons. The number of aromatic nitrogens is 1. The monoisotopic (exact) mass is 274 g/mol. The molecular weight excluding hydrogens is 255 g/mol. The van der Waals surface area contributed by atoms with Gasteiger partial charge in [-0.25, -0.2) is 4.39 Å². The average Bonchev–Trinajstić information content (AvgIpc) is 3.18. The van der Waals surface area contributed by atoms with Gasteiger partial charge in [-0.15, -0.1) is 0 Å². The first-order valence-corrected chi connectivity index (χ1v) is 7.10. The number of H-pyrrole nitrogens is 1. The summed E-state index contributed by atoms with van der Waals surface area (Å²) in [4.78, 5) is 15.3. The van der Waals surface area contributed by atoms with Crippen LogP contribution in [0.15, 0.2) is 18.2 Å². The first-order valence-electron chi connectivity index (χ1n) is 7.10. The number of rotatable bonds is 4. The van der Waals surface area contributed by atoms with Gasteiger partial charge in [0.2, 0.25) is 5.91 Å². The molecule has 2 N–H and O–H groups in total. The van der Waals surface area contributed by atoms with Gasteiger partial charge in [-0.1, -0.05) is 0 Å². The quantitative estimate of drug-likeness (QED) is 0.884. The number of carbonyl (C=O) groups excluding carboxylic acids is 1. The van der Waals surface area contributed by atoms with Crippen molar-refractivity contribution in [3.05, 3.63) is 35.3 Å². The summed E-state index contributed by atoms with van der Waals surface area (Å²) < 4.78 is 13.4. The Hall–Kier alpha value is -1.84. The second-order valence-electron chi connectivity index (χ2n) is 5.79. The van der Waals surface area contributed by atoms with Crippen LogP contribution in [0, 0.1) is 18.7 Å². The van der Waals surface area contributed by atoms with Gasteiger partial charge < -0.3 is 10.3 Å². The largest absolute Gasteiger partial charge is 0.358 e. The molecular formula is C16H19FN2O. The van der Waals surface area contributed by atoms with Crippen LogP contribution in [-0.4, -0.2) is 16.9 Å². The summed E-state index contributed by atoms with van der Waals surface area (Å²) in [6.45, 7) is 3.97. The van der Waals surface area contributed by atoms with E-state index in [0.717, 1.165) is 22.2 Å². The van der Waals surface area contributed by atoms with Gasteiger partial charge in [-0.2, -0.15) is 0 Å². The maximum atomic E-state index is 13.4. The summed E-state index contributed by atoms with van der Waals surface area (Å²) in [5.41, 5.74) is 2.70. The Morgan fingerprint density at radius 1 is 1.50 bits per heavy atom. The number of halogens is 1. The van der Waals surface area contributed by atoms with Crippen molar-refractivity contribution < 1.29 is 9.18 Å². The molecule has 20 heavy (non-hydrogen) atoms. The maximum absolute atomic E-state index is 13.4. The molecule has 1 unspecified atom stereocenters. The van der Waals surface area contributed by atoms with E-state index < -0.39 is 0 Å². The van der Waals surface area contributed by atoms with Gasteiger partial charge in [0.1, 0.15) is 5.82 Å². The first-order chi connectivity index (χ1) is 9.54. The van der Waals surface area contributed by atoms with Crippen LogP contribution in [0.4, 0.5) is 4.39 Å². The lowest BCUT2D eigenvalue weighted by Gasteiger charge is -2.12. The van der Waals surface area contributed by atoms with Gasteiger partial charge in [0.05, 0.1) is 6.42 Å². The Labute approximate surface area is 117 Å². The highest BCUT2D eigenvalue weighted by atomic mass is 19.1. The van der Waals surface area contributed by atoms with Gasteiger partial charge >= 0.3 is 0 Å². The van der Waals surface area contributed by atoms with Crippen LogP contribution in [-0.2, 0) is 11.2 Å². The highest BCUT2D eigenvalue weighted by Crippen LogP contribution is 2.32. The number of hydrogen-bond acceptors (Lipinski definition) is 1. The van der Waals surface area contributed by atoms with Crippen molar-refractivity contribution in [3.8, 4) is 0 Å². The maximum Gasteiger partial charge on any atom is 0.224 e. The van der Waals surface area contributed by atoms with Crippen LogP contribution in [0.25, 0.3) is 10.9 Å². The van der Waals surface area contributed by atoms with E-state index in [9.17, 15) is 9.18 Å². The van der Waals surface area contributed by atoms with Crippen LogP contribution in [0.5, 0.6) is 0 Å². The molecule has 1 heterocycles. The van der Waals surface area contributed by atoms with E-state index in [1.165, 1.54) is 25.0 Å². The van der Waals surface area contributed by atoms with Crippen molar-refractivity contribution in [1.82, 2.24) is 10.3 Å². The first kappa shape index (κ1) is 13.2. The normalized spacial score (nSPS) is 16.4. The molecule has 3 nitrogen and oxygen atoms in total. The van der Waals surface area contributed by atoms with Crippen LogP contribution in [0.2, 0.25) is 0 Å². The van der Waals surface area contributed by atoms with E-state index in [4.69, 9.17) is 0 Å². The minimum Gasteiger partial charge on any atom is -0.358 e. The molecule has 2 aromatic rings. The zero-order valence-electron chi connectivity index (χ0n) is 11.8. The standard InChI is InChI=1S/C16H19FN2O/c1-9(11-3-4-11)19-16(20)8-13-10(2)18-15-6-5-12(17)7-14(13)15/h5-7,9,11,18H,3-4,8H2,1-2H3,(H,19,20). The lowest BCUT2D eigenvalue weighted by molar-refractivity contribution is -0.121. The molecule has 0 aliphatic heterocycles. The highest BCUT2D eigenvalue weighted by molar-refractivity contribution is 5.90. The van der Waals surface area contributed by atoms with E-state index in [0.29, 0.717) is 12.3 Å². The number of fused-ring (bicyclic) bond motifs is 1. The Balaban J connectivity index is 1.80. The topological polar surface area (TPSA) is 44.9 Å². The van der Waals surface area contributed by atoms with Crippen LogP contribution >= 0.6 is 0 Å². The molecule has 0 bridgehead atoms. The summed E-state index contributed by atoms with van der Waals surface area (Å²) in [5.74, 6) is 0.377. The molecule has 3 rings (SSSR count). The van der Waals surface area contributed by atoms with Crippen molar-refractivity contribution >= 4 is 16.8 Å². The molecule has 1 fully saturated rings. The summed E-state index contributed by atoms with van der Waals surface area (Å²) in [5, 5.41) is 3.84. The third-order valence-corrected chi connectivity index (χ3v) is 4.14. The Kier molecular flexibility index (Phi) is 3.24. The van der Waals surface area contributed by atoms with Crippen molar-refractivity contribution in [1.29, 1.82) is 0 Å². The fourth-order valence-corrected chi connectivity index (χ4v) is 2.76. The molecule has 1 aromatic heterocycles. The van der Waals surface area contributed by atoms with Gasteiger partial charge in [-0.3, -0.25) is 4.79 Å². The predicted octanol–water partition coefficient (Wildman–Crippen LogP) is 3.07. The average molecular weight is 274 g/mol.